The molecule has 1 fully saturated rings. The van der Waals surface area contributed by atoms with E-state index in [4.69, 9.17) is 4.74 Å². The Balaban J connectivity index is 1.74. The number of carbonyl (C=O) groups is 2. The van der Waals surface area contributed by atoms with Gasteiger partial charge < -0.3 is 15.2 Å². The summed E-state index contributed by atoms with van der Waals surface area (Å²) in [5.74, 6) is -1.20. The number of ether oxygens (including phenoxy) is 1. The predicted molar refractivity (Wildman–Crippen MR) is 90.8 cm³/mol. The van der Waals surface area contributed by atoms with Gasteiger partial charge in [-0.25, -0.2) is 4.68 Å². The molecule has 25 heavy (non-hydrogen) atoms. The van der Waals surface area contributed by atoms with Gasteiger partial charge in [-0.2, -0.15) is 5.10 Å². The summed E-state index contributed by atoms with van der Waals surface area (Å²) in [6.45, 7) is 2.86. The van der Waals surface area contributed by atoms with Crippen LogP contribution >= 0.6 is 0 Å². The minimum atomic E-state index is -0.924. The van der Waals surface area contributed by atoms with Gasteiger partial charge in [0.05, 0.1) is 23.8 Å². The Bertz CT molecular complexity index is 761. The van der Waals surface area contributed by atoms with Crippen molar-refractivity contribution in [1.82, 2.24) is 15.1 Å². The van der Waals surface area contributed by atoms with Crippen LogP contribution in [-0.2, 0) is 9.53 Å². The third-order valence-electron chi connectivity index (χ3n) is 4.42. The van der Waals surface area contributed by atoms with Gasteiger partial charge in [0.2, 0.25) is 0 Å². The minimum Gasteiger partial charge on any atom is -0.481 e. The van der Waals surface area contributed by atoms with E-state index in [9.17, 15) is 14.7 Å². The van der Waals surface area contributed by atoms with Crippen LogP contribution in [-0.4, -0.2) is 45.5 Å². The monoisotopic (exact) mass is 343 g/mol. The predicted octanol–water partition coefficient (Wildman–Crippen LogP) is 1.93. The lowest BCUT2D eigenvalue weighted by Crippen LogP contribution is -2.53. The molecule has 1 aromatic heterocycles. The lowest BCUT2D eigenvalue weighted by molar-refractivity contribution is -0.139. The van der Waals surface area contributed by atoms with Gasteiger partial charge in [0.15, 0.2) is 0 Å². The van der Waals surface area contributed by atoms with Crippen molar-refractivity contribution in [3.8, 4) is 5.69 Å². The second-order valence-corrected chi connectivity index (χ2v) is 6.43. The van der Waals surface area contributed by atoms with E-state index in [1.807, 2.05) is 25.3 Å². The molecule has 1 aromatic carbocycles. The summed E-state index contributed by atoms with van der Waals surface area (Å²) >= 11 is 0. The van der Waals surface area contributed by atoms with Crippen molar-refractivity contribution in [2.75, 3.05) is 13.2 Å². The molecule has 2 aromatic rings. The van der Waals surface area contributed by atoms with Crippen LogP contribution in [0.2, 0.25) is 0 Å². The number of aromatic nitrogens is 2. The van der Waals surface area contributed by atoms with Gasteiger partial charge in [-0.05, 0) is 49.6 Å². The van der Waals surface area contributed by atoms with Crippen LogP contribution < -0.4 is 5.32 Å². The molecule has 132 valence electrons. The topological polar surface area (TPSA) is 93.5 Å². The molecule has 7 heteroatoms. The van der Waals surface area contributed by atoms with Gasteiger partial charge in [0, 0.05) is 25.0 Å². The summed E-state index contributed by atoms with van der Waals surface area (Å²) in [5, 5.41) is 16.3. The van der Waals surface area contributed by atoms with E-state index in [2.05, 4.69) is 10.4 Å². The summed E-state index contributed by atoms with van der Waals surface area (Å²) in [4.78, 5) is 23.8. The first kappa shape index (κ1) is 17.2. The molecule has 2 heterocycles. The lowest BCUT2D eigenvalue weighted by atomic mass is 9.86. The zero-order valence-corrected chi connectivity index (χ0v) is 14.1. The zero-order valence-electron chi connectivity index (χ0n) is 14.1. The molecule has 1 aliphatic heterocycles. The van der Waals surface area contributed by atoms with Crippen molar-refractivity contribution < 1.29 is 19.4 Å². The second kappa shape index (κ2) is 7.06. The smallest absolute Gasteiger partial charge is 0.305 e. The number of carbonyl (C=O) groups excluding carboxylic acids is 1. The Morgan fingerprint density at radius 3 is 2.52 bits per heavy atom. The lowest BCUT2D eigenvalue weighted by Gasteiger charge is -2.36. The highest BCUT2D eigenvalue weighted by molar-refractivity contribution is 5.95. The molecule has 1 saturated heterocycles. The minimum absolute atomic E-state index is 0.104. The Hall–Kier alpha value is -2.67. The molecule has 3 rings (SSSR count). The summed E-state index contributed by atoms with van der Waals surface area (Å²) in [5.41, 5.74) is 1.65. The van der Waals surface area contributed by atoms with Crippen molar-refractivity contribution >= 4 is 11.9 Å². The first-order valence-corrected chi connectivity index (χ1v) is 8.21. The number of rotatable bonds is 5. The standard InChI is InChI=1S/C18H21N3O4/c1-13-11-19-21(12-13)15-4-2-14(3-5-15)17(24)20-18(10-16(22)23)6-8-25-9-7-18/h2-5,11-12H,6-10H2,1H3,(H,20,24)(H,22,23). The first-order valence-electron chi connectivity index (χ1n) is 8.21. The molecule has 0 unspecified atom stereocenters. The van der Waals surface area contributed by atoms with E-state index < -0.39 is 11.5 Å². The average molecular weight is 343 g/mol. The molecule has 1 aliphatic rings. The van der Waals surface area contributed by atoms with Crippen molar-refractivity contribution in [3.05, 3.63) is 47.8 Å². The third-order valence-corrected chi connectivity index (χ3v) is 4.42. The molecule has 0 bridgehead atoms. The van der Waals surface area contributed by atoms with Crippen LogP contribution in [0.5, 0.6) is 0 Å². The van der Waals surface area contributed by atoms with Crippen molar-refractivity contribution in [2.24, 2.45) is 0 Å². The van der Waals surface area contributed by atoms with Crippen molar-refractivity contribution in [3.63, 3.8) is 0 Å². The number of carboxylic acids is 1. The van der Waals surface area contributed by atoms with Gasteiger partial charge in [0.25, 0.3) is 5.91 Å². The molecule has 0 spiro atoms. The Labute approximate surface area is 145 Å². The zero-order chi connectivity index (χ0) is 17.9. The Kier molecular flexibility index (Phi) is 4.85. The van der Waals surface area contributed by atoms with E-state index in [0.717, 1.165) is 11.3 Å². The SMILES string of the molecule is Cc1cnn(-c2ccc(C(=O)NC3(CC(=O)O)CCOCC3)cc2)c1. The number of carboxylic acid groups (broad SMARTS) is 1. The van der Waals surface area contributed by atoms with Crippen molar-refractivity contribution in [2.45, 2.75) is 31.7 Å². The van der Waals surface area contributed by atoms with Crippen molar-refractivity contribution in [1.29, 1.82) is 0 Å². The summed E-state index contributed by atoms with van der Waals surface area (Å²) in [6, 6.07) is 7.06. The molecule has 0 radical (unpaired) electrons. The number of hydrogen-bond donors (Lipinski definition) is 2. The largest absolute Gasteiger partial charge is 0.481 e. The first-order chi connectivity index (χ1) is 12.0. The fourth-order valence-electron chi connectivity index (χ4n) is 3.03. The summed E-state index contributed by atoms with van der Waals surface area (Å²) in [6.07, 6.45) is 4.55. The maximum atomic E-state index is 12.6. The number of amides is 1. The maximum absolute atomic E-state index is 12.6. The number of aryl methyl sites for hydroxylation is 1. The highest BCUT2D eigenvalue weighted by Gasteiger charge is 2.36. The van der Waals surface area contributed by atoms with E-state index in [0.29, 0.717) is 31.6 Å². The number of nitrogens with one attached hydrogen (secondary N) is 1. The van der Waals surface area contributed by atoms with Crippen LogP contribution in [0.15, 0.2) is 36.7 Å². The maximum Gasteiger partial charge on any atom is 0.305 e. The van der Waals surface area contributed by atoms with Crippen LogP contribution in [0.25, 0.3) is 5.69 Å². The van der Waals surface area contributed by atoms with Crippen LogP contribution in [0.1, 0.15) is 35.2 Å². The van der Waals surface area contributed by atoms with Gasteiger partial charge >= 0.3 is 5.97 Å². The quantitative estimate of drug-likeness (QED) is 0.865. The van der Waals surface area contributed by atoms with Crippen LogP contribution in [0, 0.1) is 6.92 Å². The van der Waals surface area contributed by atoms with Gasteiger partial charge in [-0.3, -0.25) is 9.59 Å². The highest BCUT2D eigenvalue weighted by atomic mass is 16.5. The molecular weight excluding hydrogens is 322 g/mol. The molecule has 7 nitrogen and oxygen atoms in total. The Morgan fingerprint density at radius 2 is 1.96 bits per heavy atom. The summed E-state index contributed by atoms with van der Waals surface area (Å²) in [7, 11) is 0. The number of nitrogens with zero attached hydrogens (tertiary/aromatic N) is 2. The molecule has 0 saturated carbocycles. The number of hydrogen-bond acceptors (Lipinski definition) is 4. The molecular formula is C18H21N3O4. The normalized spacial score (nSPS) is 16.4. The fourth-order valence-corrected chi connectivity index (χ4v) is 3.03. The molecule has 2 N–H and O–H groups in total. The second-order valence-electron chi connectivity index (χ2n) is 6.43. The van der Waals surface area contributed by atoms with Gasteiger partial charge in [-0.15, -0.1) is 0 Å². The third kappa shape index (κ3) is 4.06. The number of benzene rings is 1. The van der Waals surface area contributed by atoms with Gasteiger partial charge in [0.1, 0.15) is 0 Å². The Morgan fingerprint density at radius 1 is 1.28 bits per heavy atom. The number of aliphatic carboxylic acids is 1. The fraction of sp³-hybridized carbons (Fsp3) is 0.389. The van der Waals surface area contributed by atoms with Gasteiger partial charge in [-0.1, -0.05) is 0 Å². The van der Waals surface area contributed by atoms with Crippen LogP contribution in [0.4, 0.5) is 0 Å². The summed E-state index contributed by atoms with van der Waals surface area (Å²) < 4.78 is 7.04. The average Bonchev–Trinajstić information content (AvgIpc) is 3.01. The van der Waals surface area contributed by atoms with E-state index >= 15 is 0 Å². The highest BCUT2D eigenvalue weighted by Crippen LogP contribution is 2.25. The molecule has 1 amide bonds. The molecule has 0 aliphatic carbocycles. The van der Waals surface area contributed by atoms with E-state index in [1.54, 1.807) is 23.0 Å². The van der Waals surface area contributed by atoms with E-state index in [1.165, 1.54) is 0 Å². The van der Waals surface area contributed by atoms with E-state index in [-0.39, 0.29) is 12.3 Å². The van der Waals surface area contributed by atoms with Crippen LogP contribution in [0.3, 0.4) is 0 Å². The molecule has 0 atom stereocenters.